The number of benzene rings is 2. The molecule has 1 nitrogen and oxygen atoms in total. The van der Waals surface area contributed by atoms with Crippen LogP contribution in [0.3, 0.4) is 0 Å². The van der Waals surface area contributed by atoms with Crippen molar-refractivity contribution in [2.75, 3.05) is 5.32 Å². The average molecular weight is 329 g/mol. The van der Waals surface area contributed by atoms with E-state index in [1.54, 1.807) is 0 Å². The van der Waals surface area contributed by atoms with E-state index < -0.39 is 0 Å². The van der Waals surface area contributed by atoms with Crippen molar-refractivity contribution in [1.82, 2.24) is 0 Å². The van der Waals surface area contributed by atoms with Crippen LogP contribution in [0.5, 0.6) is 0 Å². The summed E-state index contributed by atoms with van der Waals surface area (Å²) in [6.45, 7) is 2.55. The van der Waals surface area contributed by atoms with Gasteiger partial charge in [0.1, 0.15) is 5.82 Å². The molecule has 0 atom stereocenters. The van der Waals surface area contributed by atoms with E-state index in [0.717, 1.165) is 21.3 Å². The molecule has 0 aliphatic rings. The molecule has 0 spiro atoms. The number of halogens is 3. The van der Waals surface area contributed by atoms with Crippen LogP contribution in [-0.2, 0) is 6.54 Å². The highest BCUT2D eigenvalue weighted by atomic mass is 79.9. The lowest BCUT2D eigenvalue weighted by atomic mass is 10.1. The number of nitrogens with one attached hydrogen (secondary N) is 1. The highest BCUT2D eigenvalue weighted by molar-refractivity contribution is 9.10. The first kappa shape index (κ1) is 13.4. The van der Waals surface area contributed by atoms with Gasteiger partial charge < -0.3 is 5.32 Å². The van der Waals surface area contributed by atoms with Gasteiger partial charge in [-0.25, -0.2) is 4.39 Å². The minimum Gasteiger partial charge on any atom is -0.381 e. The highest BCUT2D eigenvalue weighted by Gasteiger charge is 2.02. The summed E-state index contributed by atoms with van der Waals surface area (Å²) < 4.78 is 14.0. The zero-order chi connectivity index (χ0) is 13.1. The van der Waals surface area contributed by atoms with Crippen molar-refractivity contribution in [3.05, 3.63) is 62.8 Å². The minimum atomic E-state index is -0.246. The molecule has 0 saturated heterocycles. The maximum atomic E-state index is 13.2. The van der Waals surface area contributed by atoms with Crippen LogP contribution in [0.15, 0.2) is 40.9 Å². The first-order valence-corrected chi connectivity index (χ1v) is 6.67. The fourth-order valence-corrected chi connectivity index (χ4v) is 2.38. The molecule has 4 heteroatoms. The number of rotatable bonds is 3. The van der Waals surface area contributed by atoms with Gasteiger partial charge >= 0.3 is 0 Å². The Labute approximate surface area is 119 Å². The summed E-state index contributed by atoms with van der Waals surface area (Å²) in [5.41, 5.74) is 2.94. The third-order valence-electron chi connectivity index (χ3n) is 2.60. The van der Waals surface area contributed by atoms with Gasteiger partial charge in [0.05, 0.1) is 0 Å². The Kier molecular flexibility index (Phi) is 4.25. The van der Waals surface area contributed by atoms with Crippen LogP contribution in [-0.4, -0.2) is 0 Å². The number of anilines is 1. The number of aryl methyl sites for hydroxylation is 1. The third kappa shape index (κ3) is 3.47. The Morgan fingerprint density at radius 1 is 1.22 bits per heavy atom. The molecule has 0 amide bonds. The van der Waals surface area contributed by atoms with Crippen LogP contribution < -0.4 is 5.32 Å². The van der Waals surface area contributed by atoms with E-state index >= 15 is 0 Å². The fourth-order valence-electron chi connectivity index (χ4n) is 1.69. The lowest BCUT2D eigenvalue weighted by Crippen LogP contribution is -2.01. The first-order chi connectivity index (χ1) is 8.54. The molecule has 0 heterocycles. The molecule has 0 bridgehead atoms. The molecule has 0 radical (unpaired) electrons. The molecule has 0 unspecified atom stereocenters. The van der Waals surface area contributed by atoms with E-state index in [4.69, 9.17) is 11.6 Å². The summed E-state index contributed by atoms with van der Waals surface area (Å²) in [7, 11) is 0. The van der Waals surface area contributed by atoms with Gasteiger partial charge in [-0.1, -0.05) is 33.6 Å². The SMILES string of the molecule is Cc1ccc(Cl)cc1NCc1cc(F)cc(Br)c1. The molecular formula is C14H12BrClFN. The molecule has 0 fully saturated rings. The van der Waals surface area contributed by atoms with E-state index in [-0.39, 0.29) is 5.82 Å². The van der Waals surface area contributed by atoms with Gasteiger partial charge in [0.25, 0.3) is 0 Å². The van der Waals surface area contributed by atoms with E-state index in [2.05, 4.69) is 21.2 Å². The van der Waals surface area contributed by atoms with Gasteiger partial charge in [0.2, 0.25) is 0 Å². The summed E-state index contributed by atoms with van der Waals surface area (Å²) in [6, 6.07) is 10.5. The van der Waals surface area contributed by atoms with Crippen molar-refractivity contribution in [3.63, 3.8) is 0 Å². The van der Waals surface area contributed by atoms with Crippen molar-refractivity contribution >= 4 is 33.2 Å². The Bertz CT molecular complexity index is 551. The summed E-state index contributed by atoms with van der Waals surface area (Å²) in [6.07, 6.45) is 0. The minimum absolute atomic E-state index is 0.246. The second kappa shape index (κ2) is 5.72. The van der Waals surface area contributed by atoms with Crippen LogP contribution in [0.1, 0.15) is 11.1 Å². The quantitative estimate of drug-likeness (QED) is 0.820. The molecule has 2 aromatic carbocycles. The summed E-state index contributed by atoms with van der Waals surface area (Å²) in [5.74, 6) is -0.246. The van der Waals surface area contributed by atoms with Gasteiger partial charge in [0, 0.05) is 21.7 Å². The summed E-state index contributed by atoms with van der Waals surface area (Å²) in [5, 5.41) is 3.94. The summed E-state index contributed by atoms with van der Waals surface area (Å²) in [4.78, 5) is 0. The normalized spacial score (nSPS) is 10.4. The predicted octanol–water partition coefficient (Wildman–Crippen LogP) is 5.16. The van der Waals surface area contributed by atoms with Crippen molar-refractivity contribution in [2.24, 2.45) is 0 Å². The molecule has 94 valence electrons. The van der Waals surface area contributed by atoms with Gasteiger partial charge in [-0.05, 0) is 48.4 Å². The topological polar surface area (TPSA) is 12.0 Å². The molecule has 0 aromatic heterocycles. The van der Waals surface area contributed by atoms with Crippen LogP contribution >= 0.6 is 27.5 Å². The number of hydrogen-bond donors (Lipinski definition) is 1. The van der Waals surface area contributed by atoms with Crippen molar-refractivity contribution in [2.45, 2.75) is 13.5 Å². The monoisotopic (exact) mass is 327 g/mol. The molecule has 0 aliphatic carbocycles. The van der Waals surface area contributed by atoms with Crippen LogP contribution in [0.4, 0.5) is 10.1 Å². The van der Waals surface area contributed by atoms with Crippen LogP contribution in [0.2, 0.25) is 5.02 Å². The lowest BCUT2D eigenvalue weighted by Gasteiger charge is -2.10. The van der Waals surface area contributed by atoms with E-state index in [1.165, 1.54) is 12.1 Å². The second-order valence-corrected chi connectivity index (χ2v) is 5.44. The average Bonchev–Trinajstić information content (AvgIpc) is 2.29. The zero-order valence-corrected chi connectivity index (χ0v) is 12.1. The second-order valence-electron chi connectivity index (χ2n) is 4.09. The standard InChI is InChI=1S/C14H12BrClFN/c1-9-2-3-12(16)7-14(9)18-8-10-4-11(15)6-13(17)5-10/h2-7,18H,8H2,1H3. The van der Waals surface area contributed by atoms with Gasteiger partial charge in [0.15, 0.2) is 0 Å². The van der Waals surface area contributed by atoms with Gasteiger partial charge in [-0.15, -0.1) is 0 Å². The van der Waals surface area contributed by atoms with Crippen LogP contribution in [0.25, 0.3) is 0 Å². The largest absolute Gasteiger partial charge is 0.381 e. The lowest BCUT2D eigenvalue weighted by molar-refractivity contribution is 0.625. The maximum absolute atomic E-state index is 13.2. The van der Waals surface area contributed by atoms with Crippen molar-refractivity contribution < 1.29 is 4.39 Å². The molecule has 18 heavy (non-hydrogen) atoms. The van der Waals surface area contributed by atoms with E-state index in [0.29, 0.717) is 11.6 Å². The van der Waals surface area contributed by atoms with Crippen molar-refractivity contribution in [1.29, 1.82) is 0 Å². The van der Waals surface area contributed by atoms with Gasteiger partial charge in [-0.2, -0.15) is 0 Å². The van der Waals surface area contributed by atoms with E-state index in [1.807, 2.05) is 31.2 Å². The highest BCUT2D eigenvalue weighted by Crippen LogP contribution is 2.21. The predicted molar refractivity (Wildman–Crippen MR) is 77.6 cm³/mol. The molecule has 0 aliphatic heterocycles. The Morgan fingerprint density at radius 3 is 2.72 bits per heavy atom. The third-order valence-corrected chi connectivity index (χ3v) is 3.30. The van der Waals surface area contributed by atoms with Gasteiger partial charge in [-0.3, -0.25) is 0 Å². The molecule has 2 rings (SSSR count). The summed E-state index contributed by atoms with van der Waals surface area (Å²) >= 11 is 9.22. The fraction of sp³-hybridized carbons (Fsp3) is 0.143. The maximum Gasteiger partial charge on any atom is 0.124 e. The van der Waals surface area contributed by atoms with Crippen molar-refractivity contribution in [3.8, 4) is 0 Å². The Balaban J connectivity index is 2.13. The smallest absolute Gasteiger partial charge is 0.124 e. The Morgan fingerprint density at radius 2 is 2.00 bits per heavy atom. The molecule has 2 aromatic rings. The Hall–Kier alpha value is -1.06. The first-order valence-electron chi connectivity index (χ1n) is 5.49. The molecular weight excluding hydrogens is 317 g/mol. The molecule has 0 saturated carbocycles. The zero-order valence-electron chi connectivity index (χ0n) is 9.81. The van der Waals surface area contributed by atoms with Crippen LogP contribution in [0, 0.1) is 12.7 Å². The number of hydrogen-bond acceptors (Lipinski definition) is 1. The molecule has 1 N–H and O–H groups in total. The van der Waals surface area contributed by atoms with E-state index in [9.17, 15) is 4.39 Å².